The summed E-state index contributed by atoms with van der Waals surface area (Å²) in [6, 6.07) is 14.7. The highest BCUT2D eigenvalue weighted by molar-refractivity contribution is 7.89. The third kappa shape index (κ3) is 5.57. The van der Waals surface area contributed by atoms with Crippen molar-refractivity contribution >= 4 is 10.0 Å². The Morgan fingerprint density at radius 1 is 1.04 bits per heavy atom. The molecule has 0 bridgehead atoms. The molecule has 0 aromatic heterocycles. The van der Waals surface area contributed by atoms with Crippen molar-refractivity contribution in [1.29, 1.82) is 0 Å². The lowest BCUT2D eigenvalue weighted by Gasteiger charge is -2.18. The van der Waals surface area contributed by atoms with Crippen LogP contribution in [0.1, 0.15) is 25.0 Å². The largest absolute Gasteiger partial charge is 0.481 e. The molecule has 0 saturated carbocycles. The Balaban J connectivity index is 1.98. The van der Waals surface area contributed by atoms with Gasteiger partial charge in [0.15, 0.2) is 0 Å². The summed E-state index contributed by atoms with van der Waals surface area (Å²) >= 11 is 0. The van der Waals surface area contributed by atoms with Crippen LogP contribution >= 0.6 is 0 Å². The van der Waals surface area contributed by atoms with Crippen molar-refractivity contribution in [3.63, 3.8) is 0 Å². The molecule has 0 spiro atoms. The number of hydrogen-bond acceptors (Lipinski definition) is 4. The standard InChI is InChI=1S/C21H26N2O3S/c1-4-15-26-21-10-8-7-9-19(21)17-22-16-18-11-13-20(14-12-18)27(24,25)23(5-2)6-3/h1,7-14,22H,5-6,15-17H2,2-3H3. The van der Waals surface area contributed by atoms with Crippen LogP contribution in [0.5, 0.6) is 5.75 Å². The van der Waals surface area contributed by atoms with E-state index in [1.54, 1.807) is 12.1 Å². The molecular weight excluding hydrogens is 360 g/mol. The van der Waals surface area contributed by atoms with E-state index in [9.17, 15) is 8.42 Å². The van der Waals surface area contributed by atoms with Crippen LogP contribution < -0.4 is 10.1 Å². The highest BCUT2D eigenvalue weighted by Gasteiger charge is 2.21. The molecule has 0 aliphatic heterocycles. The number of nitrogens with one attached hydrogen (secondary N) is 1. The zero-order valence-electron chi connectivity index (χ0n) is 15.8. The Kier molecular flexibility index (Phi) is 7.86. The summed E-state index contributed by atoms with van der Waals surface area (Å²) in [5.74, 6) is 3.23. The summed E-state index contributed by atoms with van der Waals surface area (Å²) < 4.78 is 32.0. The molecule has 0 heterocycles. The monoisotopic (exact) mass is 386 g/mol. The third-order valence-electron chi connectivity index (χ3n) is 4.19. The lowest BCUT2D eigenvalue weighted by atomic mass is 10.2. The van der Waals surface area contributed by atoms with E-state index in [0.717, 1.165) is 16.9 Å². The number of para-hydroxylation sites is 1. The van der Waals surface area contributed by atoms with Gasteiger partial charge in [0.05, 0.1) is 4.90 Å². The van der Waals surface area contributed by atoms with E-state index in [1.807, 2.05) is 50.2 Å². The number of benzene rings is 2. The molecule has 0 saturated heterocycles. The molecule has 1 N–H and O–H groups in total. The van der Waals surface area contributed by atoms with Crippen LogP contribution in [0.2, 0.25) is 0 Å². The average Bonchev–Trinajstić information content (AvgIpc) is 2.68. The molecule has 0 amide bonds. The van der Waals surface area contributed by atoms with Crippen molar-refractivity contribution in [2.24, 2.45) is 0 Å². The van der Waals surface area contributed by atoms with Crippen molar-refractivity contribution in [2.75, 3.05) is 19.7 Å². The lowest BCUT2D eigenvalue weighted by molar-refractivity contribution is 0.365. The maximum absolute atomic E-state index is 12.5. The van der Waals surface area contributed by atoms with Gasteiger partial charge in [-0.15, -0.1) is 6.42 Å². The fraction of sp³-hybridized carbons (Fsp3) is 0.333. The first-order chi connectivity index (χ1) is 13.0. The van der Waals surface area contributed by atoms with Crippen molar-refractivity contribution in [3.05, 3.63) is 59.7 Å². The zero-order chi connectivity index (χ0) is 19.7. The lowest BCUT2D eigenvalue weighted by Crippen LogP contribution is -2.30. The van der Waals surface area contributed by atoms with Crippen molar-refractivity contribution in [2.45, 2.75) is 31.8 Å². The molecule has 0 radical (unpaired) electrons. The summed E-state index contributed by atoms with van der Waals surface area (Å²) in [7, 11) is -3.42. The molecule has 0 fully saturated rings. The van der Waals surface area contributed by atoms with Crippen LogP contribution in [0.4, 0.5) is 0 Å². The highest BCUT2D eigenvalue weighted by atomic mass is 32.2. The van der Waals surface area contributed by atoms with Gasteiger partial charge in [0.25, 0.3) is 0 Å². The predicted molar refractivity (Wildman–Crippen MR) is 108 cm³/mol. The maximum Gasteiger partial charge on any atom is 0.243 e. The molecule has 2 rings (SSSR count). The van der Waals surface area contributed by atoms with E-state index in [0.29, 0.717) is 31.1 Å². The van der Waals surface area contributed by atoms with Crippen LogP contribution in [0, 0.1) is 12.3 Å². The molecule has 0 aliphatic carbocycles. The van der Waals surface area contributed by atoms with Crippen LogP contribution in [0.3, 0.4) is 0 Å². The van der Waals surface area contributed by atoms with E-state index in [4.69, 9.17) is 11.2 Å². The maximum atomic E-state index is 12.5. The summed E-state index contributed by atoms with van der Waals surface area (Å²) in [5.41, 5.74) is 2.03. The first kappa shape index (κ1) is 21.0. The van der Waals surface area contributed by atoms with Gasteiger partial charge < -0.3 is 10.1 Å². The second-order valence-corrected chi connectivity index (χ2v) is 7.88. The van der Waals surface area contributed by atoms with Crippen LogP contribution in [-0.2, 0) is 23.1 Å². The Hall–Kier alpha value is -2.33. The van der Waals surface area contributed by atoms with Gasteiger partial charge in [0.1, 0.15) is 12.4 Å². The van der Waals surface area contributed by atoms with Crippen molar-refractivity contribution in [3.8, 4) is 18.1 Å². The SMILES string of the molecule is C#CCOc1ccccc1CNCc1ccc(S(=O)(=O)N(CC)CC)cc1. The Bertz CT molecular complexity index is 867. The minimum atomic E-state index is -3.42. The summed E-state index contributed by atoms with van der Waals surface area (Å²) in [6.07, 6.45) is 5.25. The molecule has 0 atom stereocenters. The van der Waals surface area contributed by atoms with E-state index in [2.05, 4.69) is 11.2 Å². The number of ether oxygens (including phenoxy) is 1. The smallest absolute Gasteiger partial charge is 0.243 e. The molecule has 6 heteroatoms. The molecule has 2 aromatic carbocycles. The van der Waals surface area contributed by atoms with E-state index >= 15 is 0 Å². The molecule has 2 aromatic rings. The molecule has 144 valence electrons. The first-order valence-electron chi connectivity index (χ1n) is 8.96. The summed E-state index contributed by atoms with van der Waals surface area (Å²) in [6.45, 7) is 6.08. The van der Waals surface area contributed by atoms with E-state index < -0.39 is 10.0 Å². The number of rotatable bonds is 10. The quantitative estimate of drug-likeness (QED) is 0.638. The van der Waals surface area contributed by atoms with Crippen molar-refractivity contribution < 1.29 is 13.2 Å². The summed E-state index contributed by atoms with van der Waals surface area (Å²) in [5, 5.41) is 3.35. The fourth-order valence-corrected chi connectivity index (χ4v) is 4.20. The van der Waals surface area contributed by atoms with Gasteiger partial charge in [-0.05, 0) is 23.8 Å². The van der Waals surface area contributed by atoms with E-state index in [-0.39, 0.29) is 6.61 Å². The third-order valence-corrected chi connectivity index (χ3v) is 6.26. The highest BCUT2D eigenvalue weighted by Crippen LogP contribution is 2.18. The second kappa shape index (κ2) is 10.1. The molecular formula is C21H26N2O3S. The van der Waals surface area contributed by atoms with E-state index in [1.165, 1.54) is 4.31 Å². The molecule has 27 heavy (non-hydrogen) atoms. The normalized spacial score (nSPS) is 11.3. The minimum absolute atomic E-state index is 0.236. The summed E-state index contributed by atoms with van der Waals surface area (Å²) in [4.78, 5) is 0.322. The zero-order valence-corrected chi connectivity index (χ0v) is 16.6. The number of terminal acetylenes is 1. The topological polar surface area (TPSA) is 58.6 Å². The van der Waals surface area contributed by atoms with Gasteiger partial charge in [0.2, 0.25) is 10.0 Å². The number of nitrogens with zero attached hydrogens (tertiary/aromatic N) is 1. The van der Waals surface area contributed by atoms with Gasteiger partial charge in [-0.2, -0.15) is 4.31 Å². The number of hydrogen-bond donors (Lipinski definition) is 1. The second-order valence-electron chi connectivity index (χ2n) is 5.94. The van der Waals surface area contributed by atoms with Crippen molar-refractivity contribution in [1.82, 2.24) is 9.62 Å². The fourth-order valence-electron chi connectivity index (χ4n) is 2.74. The predicted octanol–water partition coefficient (Wildman–Crippen LogP) is 3.02. The molecule has 5 nitrogen and oxygen atoms in total. The van der Waals surface area contributed by atoms with Crippen LogP contribution in [-0.4, -0.2) is 32.4 Å². The molecule has 0 unspecified atom stereocenters. The molecule has 0 aliphatic rings. The average molecular weight is 387 g/mol. The Morgan fingerprint density at radius 3 is 2.33 bits per heavy atom. The van der Waals surface area contributed by atoms with Crippen LogP contribution in [0.15, 0.2) is 53.4 Å². The number of sulfonamides is 1. The van der Waals surface area contributed by atoms with Gasteiger partial charge >= 0.3 is 0 Å². The van der Waals surface area contributed by atoms with Gasteiger partial charge in [0, 0.05) is 31.7 Å². The first-order valence-corrected chi connectivity index (χ1v) is 10.4. The van der Waals surface area contributed by atoms with Crippen LogP contribution in [0.25, 0.3) is 0 Å². The minimum Gasteiger partial charge on any atom is -0.481 e. The van der Waals surface area contributed by atoms with Gasteiger partial charge in [-0.25, -0.2) is 8.42 Å². The Labute approximate surface area is 162 Å². The Morgan fingerprint density at radius 2 is 1.70 bits per heavy atom. The van der Waals surface area contributed by atoms with Gasteiger partial charge in [-0.1, -0.05) is 50.1 Å². The van der Waals surface area contributed by atoms with Gasteiger partial charge in [-0.3, -0.25) is 0 Å².